The lowest BCUT2D eigenvalue weighted by Crippen LogP contribution is -2.51. The summed E-state index contributed by atoms with van der Waals surface area (Å²) >= 11 is 0. The predicted octanol–water partition coefficient (Wildman–Crippen LogP) is 0.171. The summed E-state index contributed by atoms with van der Waals surface area (Å²) in [6, 6.07) is 0. The highest BCUT2D eigenvalue weighted by Gasteiger charge is 2.35. The second-order valence-corrected chi connectivity index (χ2v) is 4.44. The Labute approximate surface area is 83.3 Å². The molecule has 0 unspecified atom stereocenters. The van der Waals surface area contributed by atoms with Crippen molar-refractivity contribution in [2.75, 3.05) is 5.32 Å². The van der Waals surface area contributed by atoms with E-state index in [0.717, 1.165) is 0 Å². The van der Waals surface area contributed by atoms with Gasteiger partial charge in [-0.2, -0.15) is 0 Å². The standard InChI is InChI=1S/C8H17N5O/c1-7(2,8(3,4)14)9-6-10-11-12-13(6)5/h14H,1-5H3,(H,9,10,12). The lowest BCUT2D eigenvalue weighted by molar-refractivity contribution is 0.0235. The van der Waals surface area contributed by atoms with Gasteiger partial charge in [-0.1, -0.05) is 5.10 Å². The van der Waals surface area contributed by atoms with E-state index in [9.17, 15) is 5.11 Å². The fourth-order valence-electron chi connectivity index (χ4n) is 0.768. The third-order valence-corrected chi connectivity index (χ3v) is 2.57. The minimum absolute atomic E-state index is 0.504. The van der Waals surface area contributed by atoms with E-state index in [2.05, 4.69) is 20.8 Å². The van der Waals surface area contributed by atoms with Crippen LogP contribution in [0.25, 0.3) is 0 Å². The monoisotopic (exact) mass is 199 g/mol. The van der Waals surface area contributed by atoms with Crippen molar-refractivity contribution >= 4 is 5.95 Å². The molecule has 2 N–H and O–H groups in total. The molecule has 0 atom stereocenters. The Morgan fingerprint density at radius 1 is 1.29 bits per heavy atom. The van der Waals surface area contributed by atoms with Gasteiger partial charge in [0.25, 0.3) is 0 Å². The van der Waals surface area contributed by atoms with Crippen molar-refractivity contribution in [1.29, 1.82) is 0 Å². The van der Waals surface area contributed by atoms with Crippen molar-refractivity contribution in [2.45, 2.75) is 38.8 Å². The van der Waals surface area contributed by atoms with Crippen LogP contribution >= 0.6 is 0 Å². The molecular formula is C8H17N5O. The van der Waals surface area contributed by atoms with Crippen LogP contribution in [0.15, 0.2) is 0 Å². The van der Waals surface area contributed by atoms with E-state index in [4.69, 9.17) is 0 Å². The SMILES string of the molecule is Cn1nnnc1NC(C)(C)C(C)(C)O. The van der Waals surface area contributed by atoms with Gasteiger partial charge in [0.15, 0.2) is 0 Å². The summed E-state index contributed by atoms with van der Waals surface area (Å²) in [6.07, 6.45) is 0. The first kappa shape index (κ1) is 10.9. The molecule has 1 heterocycles. The summed E-state index contributed by atoms with van der Waals surface area (Å²) in [4.78, 5) is 0. The largest absolute Gasteiger partial charge is 0.388 e. The van der Waals surface area contributed by atoms with Crippen LogP contribution in [0.2, 0.25) is 0 Å². The molecule has 6 nitrogen and oxygen atoms in total. The summed E-state index contributed by atoms with van der Waals surface area (Å²) in [5, 5.41) is 24.0. The molecule has 0 fully saturated rings. The van der Waals surface area contributed by atoms with Crippen LogP contribution in [0.3, 0.4) is 0 Å². The average molecular weight is 199 g/mol. The maximum Gasteiger partial charge on any atom is 0.243 e. The Bertz CT molecular complexity index is 312. The van der Waals surface area contributed by atoms with Crippen LogP contribution in [0, 0.1) is 0 Å². The van der Waals surface area contributed by atoms with E-state index in [1.165, 1.54) is 4.68 Å². The fraction of sp³-hybridized carbons (Fsp3) is 0.875. The van der Waals surface area contributed by atoms with E-state index in [-0.39, 0.29) is 0 Å². The first-order chi connectivity index (χ1) is 6.24. The minimum atomic E-state index is -0.862. The molecule has 0 aliphatic heterocycles. The third kappa shape index (κ3) is 2.01. The van der Waals surface area contributed by atoms with Gasteiger partial charge in [-0.05, 0) is 38.1 Å². The van der Waals surface area contributed by atoms with Crippen molar-refractivity contribution in [3.8, 4) is 0 Å². The van der Waals surface area contributed by atoms with Gasteiger partial charge >= 0.3 is 0 Å². The minimum Gasteiger partial charge on any atom is -0.388 e. The number of rotatable bonds is 3. The number of tetrazole rings is 1. The Hall–Kier alpha value is -1.17. The lowest BCUT2D eigenvalue weighted by Gasteiger charge is -2.37. The summed E-state index contributed by atoms with van der Waals surface area (Å²) < 4.78 is 1.52. The van der Waals surface area contributed by atoms with E-state index in [1.807, 2.05) is 13.8 Å². The van der Waals surface area contributed by atoms with E-state index in [0.29, 0.717) is 5.95 Å². The quantitative estimate of drug-likeness (QED) is 0.725. The van der Waals surface area contributed by atoms with Crippen LogP contribution in [-0.2, 0) is 7.05 Å². The summed E-state index contributed by atoms with van der Waals surface area (Å²) in [6.45, 7) is 7.26. The number of hydrogen-bond acceptors (Lipinski definition) is 5. The number of aromatic nitrogens is 4. The Morgan fingerprint density at radius 2 is 1.86 bits per heavy atom. The molecule has 14 heavy (non-hydrogen) atoms. The van der Waals surface area contributed by atoms with E-state index < -0.39 is 11.1 Å². The highest BCUT2D eigenvalue weighted by atomic mass is 16.3. The molecule has 0 saturated carbocycles. The normalized spacial score (nSPS) is 13.0. The topological polar surface area (TPSA) is 75.9 Å². The smallest absolute Gasteiger partial charge is 0.243 e. The van der Waals surface area contributed by atoms with E-state index in [1.54, 1.807) is 20.9 Å². The second-order valence-electron chi connectivity index (χ2n) is 4.44. The van der Waals surface area contributed by atoms with Crippen molar-refractivity contribution in [3.63, 3.8) is 0 Å². The van der Waals surface area contributed by atoms with E-state index >= 15 is 0 Å². The van der Waals surface area contributed by atoms with Crippen LogP contribution in [0.5, 0.6) is 0 Å². The zero-order chi connectivity index (χ0) is 11.0. The van der Waals surface area contributed by atoms with Gasteiger partial charge in [0.05, 0.1) is 11.1 Å². The third-order valence-electron chi connectivity index (χ3n) is 2.57. The van der Waals surface area contributed by atoms with Gasteiger partial charge in [-0.3, -0.25) is 0 Å². The molecule has 80 valence electrons. The van der Waals surface area contributed by atoms with Gasteiger partial charge in [-0.15, -0.1) is 0 Å². The molecule has 0 aliphatic carbocycles. The van der Waals surface area contributed by atoms with Crippen molar-refractivity contribution in [2.24, 2.45) is 7.05 Å². The van der Waals surface area contributed by atoms with Crippen LogP contribution in [0.4, 0.5) is 5.95 Å². The fourth-order valence-corrected chi connectivity index (χ4v) is 0.768. The highest BCUT2D eigenvalue weighted by Crippen LogP contribution is 2.24. The average Bonchev–Trinajstić information content (AvgIpc) is 2.33. The molecule has 0 aromatic carbocycles. The van der Waals surface area contributed by atoms with Gasteiger partial charge in [0.1, 0.15) is 0 Å². The summed E-state index contributed by atoms with van der Waals surface area (Å²) in [7, 11) is 1.74. The van der Waals surface area contributed by atoms with Crippen molar-refractivity contribution < 1.29 is 5.11 Å². The van der Waals surface area contributed by atoms with Gasteiger partial charge in [-0.25, -0.2) is 4.68 Å². The first-order valence-electron chi connectivity index (χ1n) is 4.47. The molecule has 0 spiro atoms. The summed E-state index contributed by atoms with van der Waals surface area (Å²) in [5.41, 5.74) is -1.37. The van der Waals surface area contributed by atoms with Crippen LogP contribution < -0.4 is 5.32 Å². The number of nitrogens with one attached hydrogen (secondary N) is 1. The zero-order valence-electron chi connectivity index (χ0n) is 9.24. The number of aliphatic hydroxyl groups is 1. The van der Waals surface area contributed by atoms with Crippen LogP contribution in [0.1, 0.15) is 27.7 Å². The van der Waals surface area contributed by atoms with Crippen molar-refractivity contribution in [3.05, 3.63) is 0 Å². The zero-order valence-corrected chi connectivity index (χ0v) is 9.24. The Balaban J connectivity index is 2.84. The molecule has 6 heteroatoms. The molecule has 1 rings (SSSR count). The lowest BCUT2D eigenvalue weighted by atomic mass is 9.86. The maximum atomic E-state index is 9.89. The Morgan fingerprint density at radius 3 is 2.21 bits per heavy atom. The molecule has 1 aromatic heterocycles. The van der Waals surface area contributed by atoms with Gasteiger partial charge < -0.3 is 10.4 Å². The maximum absolute atomic E-state index is 9.89. The molecule has 1 aromatic rings. The Kier molecular flexibility index (Phi) is 2.49. The number of hydrogen-bond donors (Lipinski definition) is 2. The van der Waals surface area contributed by atoms with Crippen molar-refractivity contribution in [1.82, 2.24) is 20.2 Å². The van der Waals surface area contributed by atoms with Gasteiger partial charge in [0.2, 0.25) is 5.95 Å². The molecular weight excluding hydrogens is 182 g/mol. The molecule has 0 bridgehead atoms. The molecule has 0 amide bonds. The first-order valence-corrected chi connectivity index (χ1v) is 4.47. The van der Waals surface area contributed by atoms with Crippen LogP contribution in [-0.4, -0.2) is 36.5 Å². The number of nitrogens with zero attached hydrogens (tertiary/aromatic N) is 4. The number of aryl methyl sites for hydroxylation is 1. The molecule has 0 radical (unpaired) electrons. The predicted molar refractivity (Wildman–Crippen MR) is 52.8 cm³/mol. The highest BCUT2D eigenvalue weighted by molar-refractivity contribution is 5.28. The molecule has 0 aliphatic rings. The van der Waals surface area contributed by atoms with Gasteiger partial charge in [0, 0.05) is 7.05 Å². The second kappa shape index (κ2) is 3.20. The molecule has 0 saturated heterocycles. The summed E-state index contributed by atoms with van der Waals surface area (Å²) in [5.74, 6) is 0.539. The number of anilines is 1.